The summed E-state index contributed by atoms with van der Waals surface area (Å²) < 4.78 is 36.7. The number of ether oxygens (including phenoxy) is 1. The van der Waals surface area contributed by atoms with Crippen molar-refractivity contribution in [2.24, 2.45) is 0 Å². The summed E-state index contributed by atoms with van der Waals surface area (Å²) in [5, 5.41) is 5.69. The van der Waals surface area contributed by atoms with E-state index in [1.807, 2.05) is 17.5 Å². The largest absolute Gasteiger partial charge is 0.465 e. The van der Waals surface area contributed by atoms with E-state index >= 15 is 0 Å². The van der Waals surface area contributed by atoms with Gasteiger partial charge < -0.3 is 9.26 Å². The Morgan fingerprint density at radius 2 is 2.16 bits per heavy atom. The average molecular weight is 379 g/mol. The molecular formula is C15H13N3O5S2. The third-order valence-corrected chi connectivity index (χ3v) is 5.45. The number of sulfonamides is 1. The van der Waals surface area contributed by atoms with Crippen molar-refractivity contribution in [1.29, 1.82) is 0 Å². The van der Waals surface area contributed by atoms with E-state index in [1.165, 1.54) is 42.7 Å². The summed E-state index contributed by atoms with van der Waals surface area (Å²) in [6.45, 7) is -0.164. The van der Waals surface area contributed by atoms with Gasteiger partial charge in [0, 0.05) is 0 Å². The van der Waals surface area contributed by atoms with Crippen molar-refractivity contribution in [3.05, 3.63) is 53.2 Å². The summed E-state index contributed by atoms with van der Waals surface area (Å²) in [6, 6.07) is 9.23. The number of nitrogens with zero attached hydrogens (tertiary/aromatic N) is 2. The predicted molar refractivity (Wildman–Crippen MR) is 89.4 cm³/mol. The molecule has 0 saturated carbocycles. The van der Waals surface area contributed by atoms with Gasteiger partial charge >= 0.3 is 5.97 Å². The van der Waals surface area contributed by atoms with Gasteiger partial charge in [0.15, 0.2) is 0 Å². The van der Waals surface area contributed by atoms with Gasteiger partial charge in [0.1, 0.15) is 0 Å². The van der Waals surface area contributed by atoms with Crippen molar-refractivity contribution >= 4 is 27.3 Å². The van der Waals surface area contributed by atoms with Crippen molar-refractivity contribution in [3.8, 4) is 10.7 Å². The van der Waals surface area contributed by atoms with Crippen LogP contribution in [0.15, 0.2) is 51.2 Å². The number of benzene rings is 1. The Balaban J connectivity index is 1.73. The fourth-order valence-corrected chi connectivity index (χ4v) is 3.65. The van der Waals surface area contributed by atoms with E-state index in [9.17, 15) is 13.2 Å². The number of carbonyl (C=O) groups excluding carboxylic acids is 1. The highest BCUT2D eigenvalue weighted by molar-refractivity contribution is 7.89. The van der Waals surface area contributed by atoms with Gasteiger partial charge in [0.2, 0.25) is 21.7 Å². The minimum Gasteiger partial charge on any atom is -0.465 e. The number of methoxy groups -OCH3 is 1. The standard InChI is InChI=1S/C15H13N3O5S2/c1-22-15(19)10-4-2-5-11(8-10)25(20,21)16-9-13-17-14(18-23-13)12-6-3-7-24-12/h2-8,16H,9H2,1H3. The van der Waals surface area contributed by atoms with Crippen molar-refractivity contribution < 1.29 is 22.5 Å². The molecule has 2 aromatic heterocycles. The van der Waals surface area contributed by atoms with Crippen LogP contribution in [-0.2, 0) is 21.3 Å². The first-order valence-corrected chi connectivity index (χ1v) is 9.40. The smallest absolute Gasteiger partial charge is 0.337 e. The van der Waals surface area contributed by atoms with Crippen molar-refractivity contribution in [1.82, 2.24) is 14.9 Å². The number of thiophene rings is 1. The quantitative estimate of drug-likeness (QED) is 0.653. The molecule has 0 saturated heterocycles. The highest BCUT2D eigenvalue weighted by Crippen LogP contribution is 2.21. The van der Waals surface area contributed by atoms with Crippen LogP contribution in [0.1, 0.15) is 16.2 Å². The molecule has 3 aromatic rings. The summed E-state index contributed by atoms with van der Waals surface area (Å²) >= 11 is 1.45. The Kier molecular flexibility index (Phi) is 4.93. The molecule has 0 fully saturated rings. The first-order valence-electron chi connectivity index (χ1n) is 7.04. The van der Waals surface area contributed by atoms with Crippen LogP contribution in [0.5, 0.6) is 0 Å². The van der Waals surface area contributed by atoms with Crippen LogP contribution in [0.3, 0.4) is 0 Å². The Labute approximate surface area is 147 Å². The topological polar surface area (TPSA) is 111 Å². The second kappa shape index (κ2) is 7.13. The molecule has 1 N–H and O–H groups in total. The molecule has 0 radical (unpaired) electrons. The highest BCUT2D eigenvalue weighted by Gasteiger charge is 2.18. The zero-order valence-electron chi connectivity index (χ0n) is 13.0. The minimum absolute atomic E-state index is 0.0617. The molecule has 8 nitrogen and oxygen atoms in total. The second-order valence-electron chi connectivity index (χ2n) is 4.83. The molecule has 0 aliphatic heterocycles. The molecule has 0 bridgehead atoms. The van der Waals surface area contributed by atoms with E-state index in [2.05, 4.69) is 19.6 Å². The summed E-state index contributed by atoms with van der Waals surface area (Å²) in [7, 11) is -2.63. The number of nitrogens with one attached hydrogen (secondary N) is 1. The number of esters is 1. The van der Waals surface area contributed by atoms with Gasteiger partial charge in [-0.2, -0.15) is 4.98 Å². The molecule has 1 aromatic carbocycles. The predicted octanol–water partition coefficient (Wildman–Crippen LogP) is 2.06. The van der Waals surface area contributed by atoms with Crippen LogP contribution < -0.4 is 4.72 Å². The fraction of sp³-hybridized carbons (Fsp3) is 0.133. The summed E-state index contributed by atoms with van der Waals surface area (Å²) in [4.78, 5) is 16.4. The van der Waals surface area contributed by atoms with E-state index in [-0.39, 0.29) is 22.9 Å². The maximum absolute atomic E-state index is 12.4. The molecule has 0 atom stereocenters. The molecule has 0 unspecified atom stereocenters. The van der Waals surface area contributed by atoms with Crippen molar-refractivity contribution in [2.75, 3.05) is 7.11 Å². The summed E-state index contributed by atoms with van der Waals surface area (Å²) in [6.07, 6.45) is 0. The van der Waals surface area contributed by atoms with Gasteiger partial charge in [0.05, 0.1) is 29.0 Å². The Bertz CT molecular complexity index is 980. The number of hydrogen-bond acceptors (Lipinski definition) is 8. The van der Waals surface area contributed by atoms with Crippen LogP contribution in [-0.4, -0.2) is 31.6 Å². The normalized spacial score (nSPS) is 11.4. The van der Waals surface area contributed by atoms with E-state index in [1.54, 1.807) is 0 Å². The molecule has 0 spiro atoms. The van der Waals surface area contributed by atoms with Crippen molar-refractivity contribution in [2.45, 2.75) is 11.4 Å². The number of rotatable bonds is 6. The number of aromatic nitrogens is 2. The maximum Gasteiger partial charge on any atom is 0.337 e. The molecule has 3 rings (SSSR count). The molecule has 10 heteroatoms. The summed E-state index contributed by atoms with van der Waals surface area (Å²) in [5.41, 5.74) is 0.142. The molecule has 130 valence electrons. The molecule has 25 heavy (non-hydrogen) atoms. The maximum atomic E-state index is 12.4. The first kappa shape index (κ1) is 17.3. The average Bonchev–Trinajstić information content (AvgIpc) is 3.30. The molecule has 0 aliphatic rings. The van der Waals surface area contributed by atoms with Gasteiger partial charge in [-0.05, 0) is 29.6 Å². The van der Waals surface area contributed by atoms with Gasteiger partial charge in [-0.15, -0.1) is 11.3 Å². The molecule has 2 heterocycles. The van der Waals surface area contributed by atoms with E-state index in [0.29, 0.717) is 5.82 Å². The van der Waals surface area contributed by atoms with Gasteiger partial charge in [-0.25, -0.2) is 17.9 Å². The second-order valence-corrected chi connectivity index (χ2v) is 7.55. The van der Waals surface area contributed by atoms with Crippen LogP contribution in [0.25, 0.3) is 10.7 Å². The van der Waals surface area contributed by atoms with Crippen LogP contribution in [0, 0.1) is 0 Å². The third-order valence-electron chi connectivity index (χ3n) is 3.19. The van der Waals surface area contributed by atoms with Crippen LogP contribution in [0.4, 0.5) is 0 Å². The molecule has 0 aliphatic carbocycles. The lowest BCUT2D eigenvalue weighted by Crippen LogP contribution is -2.23. The van der Waals surface area contributed by atoms with Gasteiger partial charge in [0.25, 0.3) is 0 Å². The third kappa shape index (κ3) is 3.92. The van der Waals surface area contributed by atoms with E-state index in [0.717, 1.165) is 4.88 Å². The molecular weight excluding hydrogens is 366 g/mol. The number of carbonyl (C=O) groups is 1. The number of hydrogen-bond donors (Lipinski definition) is 1. The lowest BCUT2D eigenvalue weighted by atomic mass is 10.2. The van der Waals surface area contributed by atoms with Crippen molar-refractivity contribution in [3.63, 3.8) is 0 Å². The lowest BCUT2D eigenvalue weighted by molar-refractivity contribution is 0.0600. The van der Waals surface area contributed by atoms with Gasteiger partial charge in [-0.3, -0.25) is 0 Å². The van der Waals surface area contributed by atoms with E-state index in [4.69, 9.17) is 4.52 Å². The Hall–Kier alpha value is -2.56. The summed E-state index contributed by atoms with van der Waals surface area (Å²) in [5.74, 6) is -0.0810. The minimum atomic E-state index is -3.85. The first-order chi connectivity index (χ1) is 12.0. The molecule has 0 amide bonds. The Morgan fingerprint density at radius 1 is 1.32 bits per heavy atom. The Morgan fingerprint density at radius 3 is 2.88 bits per heavy atom. The highest BCUT2D eigenvalue weighted by atomic mass is 32.2. The van der Waals surface area contributed by atoms with Gasteiger partial charge in [-0.1, -0.05) is 17.3 Å². The lowest BCUT2D eigenvalue weighted by Gasteiger charge is -2.06. The monoisotopic (exact) mass is 379 g/mol. The van der Waals surface area contributed by atoms with E-state index < -0.39 is 16.0 Å². The van der Waals surface area contributed by atoms with Crippen LogP contribution >= 0.6 is 11.3 Å². The zero-order valence-corrected chi connectivity index (χ0v) is 14.6. The zero-order chi connectivity index (χ0) is 17.9. The SMILES string of the molecule is COC(=O)c1cccc(S(=O)(=O)NCc2nc(-c3cccs3)no2)c1. The van der Waals surface area contributed by atoms with Crippen LogP contribution in [0.2, 0.25) is 0 Å². The fourth-order valence-electron chi connectivity index (χ4n) is 1.98.